The molecule has 1 fully saturated rings. The molecule has 0 radical (unpaired) electrons. The Kier molecular flexibility index (Phi) is 3.46. The summed E-state index contributed by atoms with van der Waals surface area (Å²) in [5.74, 6) is -0.0672. The molecule has 4 nitrogen and oxygen atoms in total. The summed E-state index contributed by atoms with van der Waals surface area (Å²) in [5, 5.41) is 3.08. The second kappa shape index (κ2) is 5.25. The maximum atomic E-state index is 12.4. The van der Waals surface area contributed by atoms with Crippen LogP contribution in [0.3, 0.4) is 0 Å². The van der Waals surface area contributed by atoms with E-state index in [1.165, 1.54) is 0 Å². The van der Waals surface area contributed by atoms with E-state index in [0.29, 0.717) is 15.9 Å². The van der Waals surface area contributed by atoms with E-state index in [1.54, 1.807) is 18.5 Å². The number of carbonyl (C=O) groups is 1. The SMILES string of the molecule is O=C(NC1CCCC1Br)c1cccc2nccnc12. The number of hydrogen-bond donors (Lipinski definition) is 1. The molecule has 1 heterocycles. The minimum atomic E-state index is -0.0672. The van der Waals surface area contributed by atoms with Crippen LogP contribution in [0.5, 0.6) is 0 Å². The standard InChI is InChI=1S/C14H14BrN3O/c15-10-4-2-5-11(10)18-14(19)9-3-1-6-12-13(9)17-8-7-16-12/h1,3,6-8,10-11H,2,4-5H2,(H,18,19). The van der Waals surface area contributed by atoms with Crippen molar-refractivity contribution in [2.75, 3.05) is 0 Å². The van der Waals surface area contributed by atoms with Crippen molar-refractivity contribution < 1.29 is 4.79 Å². The van der Waals surface area contributed by atoms with E-state index in [4.69, 9.17) is 0 Å². The minimum absolute atomic E-state index is 0.0672. The molecule has 2 atom stereocenters. The zero-order chi connectivity index (χ0) is 13.2. The van der Waals surface area contributed by atoms with Crippen LogP contribution >= 0.6 is 15.9 Å². The number of aromatic nitrogens is 2. The van der Waals surface area contributed by atoms with Crippen LogP contribution in [0.2, 0.25) is 0 Å². The average Bonchev–Trinajstić information content (AvgIpc) is 2.83. The van der Waals surface area contributed by atoms with Crippen LogP contribution in [0.1, 0.15) is 29.6 Å². The molecule has 0 spiro atoms. The lowest BCUT2D eigenvalue weighted by Gasteiger charge is -2.16. The number of halogens is 1. The summed E-state index contributed by atoms with van der Waals surface area (Å²) in [4.78, 5) is 21.2. The molecular weight excluding hydrogens is 306 g/mol. The number of nitrogens with one attached hydrogen (secondary N) is 1. The Morgan fingerprint density at radius 2 is 2.11 bits per heavy atom. The molecule has 0 bridgehead atoms. The van der Waals surface area contributed by atoms with Gasteiger partial charge in [0.15, 0.2) is 0 Å². The number of amides is 1. The average molecular weight is 320 g/mol. The van der Waals surface area contributed by atoms with E-state index in [1.807, 2.05) is 12.1 Å². The maximum Gasteiger partial charge on any atom is 0.253 e. The highest BCUT2D eigenvalue weighted by Crippen LogP contribution is 2.26. The zero-order valence-electron chi connectivity index (χ0n) is 10.3. The lowest BCUT2D eigenvalue weighted by Crippen LogP contribution is -2.37. The van der Waals surface area contributed by atoms with Gasteiger partial charge in [-0.05, 0) is 25.0 Å². The summed E-state index contributed by atoms with van der Waals surface area (Å²) in [5.41, 5.74) is 2.00. The monoisotopic (exact) mass is 319 g/mol. The minimum Gasteiger partial charge on any atom is -0.348 e. The molecule has 19 heavy (non-hydrogen) atoms. The Bertz CT molecular complexity index is 611. The van der Waals surface area contributed by atoms with E-state index >= 15 is 0 Å². The normalized spacial score (nSPS) is 22.6. The van der Waals surface area contributed by atoms with Crippen LogP contribution < -0.4 is 5.32 Å². The van der Waals surface area contributed by atoms with Crippen LogP contribution in [0.4, 0.5) is 0 Å². The van der Waals surface area contributed by atoms with Crippen LogP contribution in [0.25, 0.3) is 11.0 Å². The molecule has 1 N–H and O–H groups in total. The van der Waals surface area contributed by atoms with E-state index in [2.05, 4.69) is 31.2 Å². The van der Waals surface area contributed by atoms with Gasteiger partial charge in [-0.15, -0.1) is 0 Å². The molecule has 5 heteroatoms. The second-order valence-corrected chi connectivity index (χ2v) is 5.93. The van der Waals surface area contributed by atoms with Gasteiger partial charge in [0.1, 0.15) is 5.52 Å². The summed E-state index contributed by atoms with van der Waals surface area (Å²) in [6.45, 7) is 0. The van der Waals surface area contributed by atoms with Gasteiger partial charge in [0.2, 0.25) is 0 Å². The fraction of sp³-hybridized carbons (Fsp3) is 0.357. The number of hydrogen-bond acceptors (Lipinski definition) is 3. The highest BCUT2D eigenvalue weighted by Gasteiger charge is 2.27. The third kappa shape index (κ3) is 2.47. The van der Waals surface area contributed by atoms with Gasteiger partial charge in [-0.25, -0.2) is 0 Å². The molecule has 1 aliphatic rings. The van der Waals surface area contributed by atoms with Crippen molar-refractivity contribution in [2.24, 2.45) is 0 Å². The fourth-order valence-electron chi connectivity index (χ4n) is 2.50. The predicted molar refractivity (Wildman–Crippen MR) is 77.4 cm³/mol. The van der Waals surface area contributed by atoms with E-state index in [-0.39, 0.29) is 11.9 Å². The topological polar surface area (TPSA) is 54.9 Å². The number of benzene rings is 1. The van der Waals surface area contributed by atoms with Crippen molar-refractivity contribution in [3.63, 3.8) is 0 Å². The summed E-state index contributed by atoms with van der Waals surface area (Å²) >= 11 is 3.61. The van der Waals surface area contributed by atoms with Gasteiger partial charge in [-0.3, -0.25) is 14.8 Å². The number of nitrogens with zero attached hydrogens (tertiary/aromatic N) is 2. The second-order valence-electron chi connectivity index (χ2n) is 4.76. The highest BCUT2D eigenvalue weighted by molar-refractivity contribution is 9.09. The third-order valence-corrected chi connectivity index (χ3v) is 4.59. The summed E-state index contributed by atoms with van der Waals surface area (Å²) in [6, 6.07) is 5.71. The first-order valence-electron chi connectivity index (χ1n) is 6.40. The molecule has 2 unspecified atom stereocenters. The zero-order valence-corrected chi connectivity index (χ0v) is 11.9. The van der Waals surface area contributed by atoms with Crippen molar-refractivity contribution >= 4 is 32.9 Å². The fourth-order valence-corrected chi connectivity index (χ4v) is 3.22. The van der Waals surface area contributed by atoms with Crippen molar-refractivity contribution in [1.82, 2.24) is 15.3 Å². The quantitative estimate of drug-likeness (QED) is 0.866. The van der Waals surface area contributed by atoms with Gasteiger partial charge < -0.3 is 5.32 Å². The van der Waals surface area contributed by atoms with Crippen LogP contribution in [0, 0.1) is 0 Å². The van der Waals surface area contributed by atoms with Gasteiger partial charge >= 0.3 is 0 Å². The van der Waals surface area contributed by atoms with Gasteiger partial charge in [0, 0.05) is 23.3 Å². The molecule has 0 saturated heterocycles. The number of alkyl halides is 1. The molecule has 2 aromatic rings. The van der Waals surface area contributed by atoms with E-state index < -0.39 is 0 Å². The maximum absolute atomic E-state index is 12.4. The molecule has 0 aliphatic heterocycles. The molecule has 1 saturated carbocycles. The van der Waals surface area contributed by atoms with Gasteiger partial charge in [-0.1, -0.05) is 28.4 Å². The van der Waals surface area contributed by atoms with Gasteiger partial charge in [-0.2, -0.15) is 0 Å². The Hall–Kier alpha value is -1.49. The smallest absolute Gasteiger partial charge is 0.253 e. The Morgan fingerprint density at radius 3 is 2.89 bits per heavy atom. The molecule has 3 rings (SSSR count). The molecule has 1 aromatic heterocycles. The van der Waals surface area contributed by atoms with E-state index in [9.17, 15) is 4.79 Å². The first kappa shape index (κ1) is 12.5. The largest absolute Gasteiger partial charge is 0.348 e. The number of fused-ring (bicyclic) bond motifs is 1. The van der Waals surface area contributed by atoms with Crippen molar-refractivity contribution in [2.45, 2.75) is 30.1 Å². The summed E-state index contributed by atoms with van der Waals surface area (Å²) < 4.78 is 0. The molecular formula is C14H14BrN3O. The van der Waals surface area contributed by atoms with Crippen molar-refractivity contribution in [3.05, 3.63) is 36.2 Å². The van der Waals surface area contributed by atoms with Crippen molar-refractivity contribution in [1.29, 1.82) is 0 Å². The van der Waals surface area contributed by atoms with Crippen molar-refractivity contribution in [3.8, 4) is 0 Å². The van der Waals surface area contributed by atoms with E-state index in [0.717, 1.165) is 24.8 Å². The Balaban J connectivity index is 1.89. The lowest BCUT2D eigenvalue weighted by atomic mass is 10.1. The summed E-state index contributed by atoms with van der Waals surface area (Å²) in [6.07, 6.45) is 6.53. The first-order chi connectivity index (χ1) is 9.25. The molecule has 98 valence electrons. The van der Waals surface area contributed by atoms with Gasteiger partial charge in [0.05, 0.1) is 11.1 Å². The number of carbonyl (C=O) groups excluding carboxylic acids is 1. The van der Waals surface area contributed by atoms with Crippen LogP contribution in [0.15, 0.2) is 30.6 Å². The number of para-hydroxylation sites is 1. The molecule has 1 amide bonds. The Labute approximate surface area is 119 Å². The summed E-state index contributed by atoms with van der Waals surface area (Å²) in [7, 11) is 0. The molecule has 1 aliphatic carbocycles. The molecule has 1 aromatic carbocycles. The Morgan fingerprint density at radius 1 is 1.26 bits per heavy atom. The highest BCUT2D eigenvalue weighted by atomic mass is 79.9. The van der Waals surface area contributed by atoms with Crippen LogP contribution in [-0.2, 0) is 0 Å². The lowest BCUT2D eigenvalue weighted by molar-refractivity contribution is 0.0940. The third-order valence-electron chi connectivity index (χ3n) is 3.49. The van der Waals surface area contributed by atoms with Gasteiger partial charge in [0.25, 0.3) is 5.91 Å². The number of rotatable bonds is 2. The first-order valence-corrected chi connectivity index (χ1v) is 7.32. The van der Waals surface area contributed by atoms with Crippen LogP contribution in [-0.4, -0.2) is 26.7 Å². The predicted octanol–water partition coefficient (Wildman–Crippen LogP) is 2.68.